The Hall–Kier alpha value is -5.85. The molecule has 0 aliphatic heterocycles. The average Bonchev–Trinajstić information content (AvgIpc) is 3.33. The Morgan fingerprint density at radius 2 is 1.20 bits per heavy atom. The molecule has 0 bridgehead atoms. The molecule has 0 saturated carbocycles. The van der Waals surface area contributed by atoms with Gasteiger partial charge in [-0.1, -0.05) is 78.9 Å². The number of hydrogen-bond acceptors (Lipinski definition) is 2. The van der Waals surface area contributed by atoms with Crippen molar-refractivity contribution in [1.82, 2.24) is 4.57 Å². The fourth-order valence-electron chi connectivity index (χ4n) is 5.98. The molecular weight excluding hydrogens is 534 g/mol. The second-order valence-corrected chi connectivity index (χ2v) is 11.1. The first kappa shape index (κ1) is 27.0. The summed E-state index contributed by atoms with van der Waals surface area (Å²) in [6, 6.07) is 50.8. The van der Waals surface area contributed by atoms with Crippen LogP contribution in [0.25, 0.3) is 39.5 Å². The summed E-state index contributed by atoms with van der Waals surface area (Å²) in [6.45, 7) is 4.40. The van der Waals surface area contributed by atoms with Gasteiger partial charge in [0.1, 0.15) is 0 Å². The van der Waals surface area contributed by atoms with Gasteiger partial charge in [0.15, 0.2) is 0 Å². The van der Waals surface area contributed by atoms with E-state index in [9.17, 15) is 5.26 Å². The van der Waals surface area contributed by atoms with Crippen molar-refractivity contribution in [1.29, 1.82) is 5.26 Å². The van der Waals surface area contributed by atoms with Gasteiger partial charge in [0.05, 0.1) is 17.1 Å². The highest BCUT2D eigenvalue weighted by Gasteiger charge is 2.14. The molecule has 0 fully saturated rings. The molecule has 6 aromatic carbocycles. The predicted molar refractivity (Wildman–Crippen MR) is 185 cm³/mol. The summed E-state index contributed by atoms with van der Waals surface area (Å²) >= 11 is 0. The summed E-state index contributed by atoms with van der Waals surface area (Å²) in [7, 11) is 0. The second-order valence-electron chi connectivity index (χ2n) is 11.1. The van der Waals surface area contributed by atoms with E-state index < -0.39 is 0 Å². The van der Waals surface area contributed by atoms with E-state index in [4.69, 9.17) is 0 Å². The number of para-hydroxylation sites is 1. The molecule has 3 heteroatoms. The molecule has 44 heavy (non-hydrogen) atoms. The van der Waals surface area contributed by atoms with E-state index in [1.165, 1.54) is 44.2 Å². The van der Waals surface area contributed by atoms with Crippen LogP contribution in [-0.4, -0.2) is 4.57 Å². The SMILES string of the molecule is Cc1c(C)n(-c2ccccc2)c2ccc(/C=C/c3ccc(N(c4ccc(C#N)cc4)c4ccc5ccccc5c4)cc3)cc12. The van der Waals surface area contributed by atoms with Crippen LogP contribution in [0.2, 0.25) is 0 Å². The first-order valence-electron chi connectivity index (χ1n) is 14.8. The van der Waals surface area contributed by atoms with E-state index in [2.05, 4.69) is 157 Å². The third kappa shape index (κ3) is 5.04. The largest absolute Gasteiger partial charge is 0.314 e. The number of fused-ring (bicyclic) bond motifs is 2. The number of benzene rings is 6. The van der Waals surface area contributed by atoms with Gasteiger partial charge in [0.25, 0.3) is 0 Å². The summed E-state index contributed by atoms with van der Waals surface area (Å²) in [5.41, 5.74) is 11.1. The van der Waals surface area contributed by atoms with Gasteiger partial charge in [-0.3, -0.25) is 0 Å². The number of anilines is 3. The molecule has 0 saturated heterocycles. The van der Waals surface area contributed by atoms with Crippen molar-refractivity contribution in [2.75, 3.05) is 4.90 Å². The maximum atomic E-state index is 9.34. The van der Waals surface area contributed by atoms with Crippen LogP contribution in [0.4, 0.5) is 17.1 Å². The smallest absolute Gasteiger partial charge is 0.0991 e. The molecule has 0 aliphatic rings. The Balaban J connectivity index is 1.20. The summed E-state index contributed by atoms with van der Waals surface area (Å²) in [4.78, 5) is 2.23. The molecular formula is C41H31N3. The molecule has 7 aromatic rings. The Morgan fingerprint density at radius 1 is 0.591 bits per heavy atom. The van der Waals surface area contributed by atoms with Crippen molar-refractivity contribution in [2.24, 2.45) is 0 Å². The zero-order valence-electron chi connectivity index (χ0n) is 24.8. The van der Waals surface area contributed by atoms with Gasteiger partial charge in [0, 0.05) is 33.8 Å². The van der Waals surface area contributed by atoms with Crippen LogP contribution in [0.15, 0.2) is 140 Å². The zero-order valence-corrected chi connectivity index (χ0v) is 24.8. The lowest BCUT2D eigenvalue weighted by atomic mass is 10.1. The summed E-state index contributed by atoms with van der Waals surface area (Å²) < 4.78 is 2.34. The lowest BCUT2D eigenvalue weighted by Crippen LogP contribution is -2.09. The molecule has 0 unspecified atom stereocenters. The van der Waals surface area contributed by atoms with Crippen LogP contribution in [0.1, 0.15) is 27.9 Å². The minimum atomic E-state index is 0.646. The van der Waals surface area contributed by atoms with Crippen molar-refractivity contribution in [3.63, 3.8) is 0 Å². The topological polar surface area (TPSA) is 32.0 Å². The highest BCUT2D eigenvalue weighted by molar-refractivity contribution is 5.91. The van der Waals surface area contributed by atoms with Gasteiger partial charge in [0.2, 0.25) is 0 Å². The third-order valence-electron chi connectivity index (χ3n) is 8.42. The zero-order chi connectivity index (χ0) is 30.0. The molecule has 7 rings (SSSR count). The number of aromatic nitrogens is 1. The Bertz CT molecular complexity index is 2180. The van der Waals surface area contributed by atoms with Crippen molar-refractivity contribution in [2.45, 2.75) is 13.8 Å². The number of hydrogen-bond donors (Lipinski definition) is 0. The number of nitrogens with zero attached hydrogens (tertiary/aromatic N) is 3. The maximum Gasteiger partial charge on any atom is 0.0991 e. The minimum Gasteiger partial charge on any atom is -0.314 e. The summed E-state index contributed by atoms with van der Waals surface area (Å²) in [6.07, 6.45) is 4.36. The van der Waals surface area contributed by atoms with Crippen LogP contribution in [0.5, 0.6) is 0 Å². The predicted octanol–water partition coefficient (Wildman–Crippen LogP) is 10.9. The van der Waals surface area contributed by atoms with Crippen LogP contribution < -0.4 is 4.90 Å². The molecule has 0 N–H and O–H groups in total. The second kappa shape index (κ2) is 11.4. The fraction of sp³-hybridized carbons (Fsp3) is 0.0488. The normalized spacial score (nSPS) is 11.3. The van der Waals surface area contributed by atoms with E-state index in [0.29, 0.717) is 5.56 Å². The van der Waals surface area contributed by atoms with Gasteiger partial charge in [-0.15, -0.1) is 0 Å². The molecule has 0 radical (unpaired) electrons. The Labute approximate surface area is 258 Å². The van der Waals surface area contributed by atoms with Crippen molar-refractivity contribution in [3.8, 4) is 11.8 Å². The van der Waals surface area contributed by atoms with Gasteiger partial charge in [-0.2, -0.15) is 5.26 Å². The Morgan fingerprint density at radius 3 is 1.93 bits per heavy atom. The van der Waals surface area contributed by atoms with E-state index in [1.807, 2.05) is 24.3 Å². The van der Waals surface area contributed by atoms with Crippen LogP contribution in [0, 0.1) is 25.2 Å². The highest BCUT2D eigenvalue weighted by atomic mass is 15.1. The molecule has 0 spiro atoms. The van der Waals surface area contributed by atoms with E-state index >= 15 is 0 Å². The van der Waals surface area contributed by atoms with E-state index in [0.717, 1.165) is 22.6 Å². The Kier molecular flexibility index (Phi) is 7.02. The number of nitriles is 1. The average molecular weight is 566 g/mol. The van der Waals surface area contributed by atoms with Gasteiger partial charge in [-0.25, -0.2) is 0 Å². The lowest BCUT2D eigenvalue weighted by Gasteiger charge is -2.26. The number of rotatable bonds is 6. The molecule has 210 valence electrons. The number of aryl methyl sites for hydroxylation is 1. The molecule has 0 amide bonds. The van der Waals surface area contributed by atoms with Crippen molar-refractivity contribution < 1.29 is 0 Å². The standard InChI is InChI=1S/C41H31N3/c1-29-30(2)43(36-10-4-3-5-11-36)41-25-18-32(26-40(29)41)13-12-31-14-20-37(21-15-31)44(38-22-16-33(28-42)17-23-38)39-24-19-34-8-6-7-9-35(34)27-39/h3-27H,1-2H3/b13-12+. The van der Waals surface area contributed by atoms with Crippen molar-refractivity contribution in [3.05, 3.63) is 167 Å². The van der Waals surface area contributed by atoms with E-state index in [-0.39, 0.29) is 0 Å². The van der Waals surface area contributed by atoms with Crippen LogP contribution in [-0.2, 0) is 0 Å². The first-order valence-corrected chi connectivity index (χ1v) is 14.8. The van der Waals surface area contributed by atoms with Gasteiger partial charge >= 0.3 is 0 Å². The molecule has 1 heterocycles. The summed E-state index contributed by atoms with van der Waals surface area (Å²) in [5.74, 6) is 0. The minimum absolute atomic E-state index is 0.646. The maximum absolute atomic E-state index is 9.34. The lowest BCUT2D eigenvalue weighted by molar-refractivity contribution is 1.04. The first-order chi connectivity index (χ1) is 21.6. The molecule has 0 atom stereocenters. The fourth-order valence-corrected chi connectivity index (χ4v) is 5.98. The molecule has 1 aromatic heterocycles. The van der Waals surface area contributed by atoms with Crippen LogP contribution >= 0.6 is 0 Å². The highest BCUT2D eigenvalue weighted by Crippen LogP contribution is 2.36. The third-order valence-corrected chi connectivity index (χ3v) is 8.42. The molecule has 0 aliphatic carbocycles. The monoisotopic (exact) mass is 565 g/mol. The van der Waals surface area contributed by atoms with Gasteiger partial charge < -0.3 is 9.47 Å². The molecule has 3 nitrogen and oxygen atoms in total. The van der Waals surface area contributed by atoms with Gasteiger partial charge in [-0.05, 0) is 114 Å². The van der Waals surface area contributed by atoms with Crippen molar-refractivity contribution >= 4 is 50.9 Å². The van der Waals surface area contributed by atoms with E-state index in [1.54, 1.807) is 0 Å². The van der Waals surface area contributed by atoms with Crippen LogP contribution in [0.3, 0.4) is 0 Å². The quantitative estimate of drug-likeness (QED) is 0.188. The summed E-state index contributed by atoms with van der Waals surface area (Å²) in [5, 5.41) is 13.0.